The van der Waals surface area contributed by atoms with Crippen LogP contribution in [0.3, 0.4) is 0 Å². The topological polar surface area (TPSA) is 80.7 Å². The van der Waals surface area contributed by atoms with Crippen LogP contribution in [-0.4, -0.2) is 23.0 Å². The zero-order chi connectivity index (χ0) is 15.8. The molecule has 0 amide bonds. The Balaban J connectivity index is 0.000000491. The summed E-state index contributed by atoms with van der Waals surface area (Å²) < 4.78 is 4.53. The number of carboxylic acids is 1. The minimum absolute atomic E-state index is 0.112. The van der Waals surface area contributed by atoms with Crippen molar-refractivity contribution >= 4 is 28.7 Å². The number of fused-ring (bicyclic) bond motifs is 1. The molecule has 21 heavy (non-hydrogen) atoms. The molecule has 0 bridgehead atoms. The second-order valence-electron chi connectivity index (χ2n) is 4.30. The molecule has 1 N–H and O–H groups in total. The van der Waals surface area contributed by atoms with Crippen molar-refractivity contribution in [3.63, 3.8) is 0 Å². The molecule has 0 saturated heterocycles. The van der Waals surface area contributed by atoms with Crippen molar-refractivity contribution < 1.29 is 24.2 Å². The van der Waals surface area contributed by atoms with Gasteiger partial charge in [0.25, 0.3) is 5.97 Å². The Bertz CT molecular complexity index is 651. The van der Waals surface area contributed by atoms with Gasteiger partial charge in [0.1, 0.15) is 0 Å². The number of esters is 2. The molecule has 0 atom stereocenters. The summed E-state index contributed by atoms with van der Waals surface area (Å²) in [7, 11) is 0. The van der Waals surface area contributed by atoms with Crippen molar-refractivity contribution in [3.05, 3.63) is 48.0 Å². The highest BCUT2D eigenvalue weighted by Crippen LogP contribution is 2.19. The van der Waals surface area contributed by atoms with Gasteiger partial charge in [-0.15, -0.1) is 0 Å². The van der Waals surface area contributed by atoms with Gasteiger partial charge in [-0.25, -0.2) is 0 Å². The average Bonchev–Trinajstić information content (AvgIpc) is 2.37. The van der Waals surface area contributed by atoms with E-state index in [1.54, 1.807) is 0 Å². The smallest absolute Gasteiger partial charge is 0.317 e. The highest BCUT2D eigenvalue weighted by molar-refractivity contribution is 5.91. The predicted octanol–water partition coefficient (Wildman–Crippen LogP) is 2.56. The van der Waals surface area contributed by atoms with E-state index < -0.39 is 17.9 Å². The second-order valence-corrected chi connectivity index (χ2v) is 4.30. The summed E-state index contributed by atoms with van der Waals surface area (Å²) in [4.78, 5) is 31.1. The third-order valence-electron chi connectivity index (χ3n) is 2.47. The van der Waals surface area contributed by atoms with E-state index in [2.05, 4.69) is 4.74 Å². The third-order valence-corrected chi connectivity index (χ3v) is 2.47. The van der Waals surface area contributed by atoms with Crippen LogP contribution in [0.4, 0.5) is 0 Å². The van der Waals surface area contributed by atoms with Gasteiger partial charge in [-0.1, -0.05) is 42.5 Å². The van der Waals surface area contributed by atoms with Crippen molar-refractivity contribution in [1.82, 2.24) is 0 Å². The van der Waals surface area contributed by atoms with E-state index in [0.29, 0.717) is 0 Å². The fourth-order valence-electron chi connectivity index (χ4n) is 1.80. The quantitative estimate of drug-likeness (QED) is 0.678. The number of hydrogen-bond donors (Lipinski definition) is 1. The first-order chi connectivity index (χ1) is 9.90. The molecule has 0 aliphatic rings. The highest BCUT2D eigenvalue weighted by atomic mass is 16.6. The average molecular weight is 288 g/mol. The van der Waals surface area contributed by atoms with E-state index in [1.165, 1.54) is 6.92 Å². The molecule has 5 heteroatoms. The van der Waals surface area contributed by atoms with Gasteiger partial charge in [-0.05, 0) is 16.3 Å². The Morgan fingerprint density at radius 3 is 2.19 bits per heavy atom. The molecular weight excluding hydrogens is 272 g/mol. The van der Waals surface area contributed by atoms with Crippen molar-refractivity contribution in [3.8, 4) is 0 Å². The lowest BCUT2D eigenvalue weighted by Crippen LogP contribution is -2.11. The summed E-state index contributed by atoms with van der Waals surface area (Å²) in [5.41, 5.74) is 0.870. The molecule has 0 saturated carbocycles. The second kappa shape index (κ2) is 7.79. The van der Waals surface area contributed by atoms with Gasteiger partial charge in [0, 0.05) is 13.8 Å². The van der Waals surface area contributed by atoms with Crippen molar-refractivity contribution in [2.24, 2.45) is 0 Å². The molecule has 0 aromatic heterocycles. The molecular formula is C16H16O5. The van der Waals surface area contributed by atoms with Crippen LogP contribution < -0.4 is 0 Å². The molecule has 110 valence electrons. The van der Waals surface area contributed by atoms with Crippen molar-refractivity contribution in [2.75, 3.05) is 0 Å². The van der Waals surface area contributed by atoms with Gasteiger partial charge in [-0.2, -0.15) is 0 Å². The molecule has 0 aliphatic heterocycles. The summed E-state index contributed by atoms with van der Waals surface area (Å²) >= 11 is 0. The Labute approximate surface area is 122 Å². The summed E-state index contributed by atoms with van der Waals surface area (Å²) in [5.74, 6) is -1.93. The minimum atomic E-state index is -0.833. The van der Waals surface area contributed by atoms with Gasteiger partial charge < -0.3 is 9.84 Å². The van der Waals surface area contributed by atoms with Crippen LogP contribution >= 0.6 is 0 Å². The first kappa shape index (κ1) is 16.4. The number of carbonyl (C=O) groups is 3. The Hall–Kier alpha value is -2.69. The van der Waals surface area contributed by atoms with Crippen LogP contribution in [-0.2, 0) is 25.5 Å². The zero-order valence-electron chi connectivity index (χ0n) is 11.8. The third kappa shape index (κ3) is 5.86. The van der Waals surface area contributed by atoms with Crippen molar-refractivity contribution in [2.45, 2.75) is 20.3 Å². The molecule has 0 aliphatic carbocycles. The van der Waals surface area contributed by atoms with Gasteiger partial charge in [0.2, 0.25) is 0 Å². The van der Waals surface area contributed by atoms with Crippen LogP contribution in [0.15, 0.2) is 42.5 Å². The number of rotatable bonds is 2. The molecule has 0 radical (unpaired) electrons. The normalized spacial score (nSPS) is 9.43. The number of carboxylic acid groups (broad SMARTS) is 1. The maximum Gasteiger partial charge on any atom is 0.317 e. The SMILES string of the molecule is CC(=O)O.CC(=O)OC(=O)Cc1cccc2ccccc12. The van der Waals surface area contributed by atoms with Gasteiger partial charge in [0.15, 0.2) is 0 Å². The maximum absolute atomic E-state index is 11.4. The summed E-state index contributed by atoms with van der Waals surface area (Å²) in [6.07, 6.45) is 0.112. The Morgan fingerprint density at radius 2 is 1.57 bits per heavy atom. The van der Waals surface area contributed by atoms with E-state index >= 15 is 0 Å². The fraction of sp³-hybridized carbons (Fsp3) is 0.188. The molecule has 0 heterocycles. The molecule has 2 aromatic rings. The lowest BCUT2D eigenvalue weighted by atomic mass is 10.0. The van der Waals surface area contributed by atoms with E-state index in [-0.39, 0.29) is 6.42 Å². The molecule has 0 spiro atoms. The van der Waals surface area contributed by atoms with Gasteiger partial charge in [0.05, 0.1) is 6.42 Å². The lowest BCUT2D eigenvalue weighted by Gasteiger charge is -2.05. The predicted molar refractivity (Wildman–Crippen MR) is 77.7 cm³/mol. The largest absolute Gasteiger partial charge is 0.481 e. The van der Waals surface area contributed by atoms with Crippen LogP contribution in [0.2, 0.25) is 0 Å². The maximum atomic E-state index is 11.4. The molecule has 0 fully saturated rings. The Kier molecular flexibility index (Phi) is 6.07. The zero-order valence-corrected chi connectivity index (χ0v) is 11.8. The Morgan fingerprint density at radius 1 is 1.00 bits per heavy atom. The summed E-state index contributed by atoms with van der Waals surface area (Å²) in [6.45, 7) is 2.31. The molecule has 2 rings (SSSR count). The number of aliphatic carboxylic acids is 1. The minimum Gasteiger partial charge on any atom is -0.481 e. The highest BCUT2D eigenvalue weighted by Gasteiger charge is 2.09. The van der Waals surface area contributed by atoms with E-state index in [1.807, 2.05) is 42.5 Å². The van der Waals surface area contributed by atoms with Crippen LogP contribution in [0.5, 0.6) is 0 Å². The van der Waals surface area contributed by atoms with Crippen molar-refractivity contribution in [1.29, 1.82) is 0 Å². The van der Waals surface area contributed by atoms with E-state index in [4.69, 9.17) is 9.90 Å². The standard InChI is InChI=1S/C14H12O3.C2H4O2/c1-10(15)17-14(16)9-12-7-4-6-11-5-2-3-8-13(11)12;1-2(3)4/h2-8H,9H2,1H3;1H3,(H,3,4). The number of ether oxygens (including phenoxy) is 1. The number of hydrogen-bond acceptors (Lipinski definition) is 4. The summed E-state index contributed by atoms with van der Waals surface area (Å²) in [6, 6.07) is 13.5. The molecule has 2 aromatic carbocycles. The van der Waals surface area contributed by atoms with Gasteiger partial charge in [-0.3, -0.25) is 14.4 Å². The van der Waals surface area contributed by atoms with Gasteiger partial charge >= 0.3 is 11.9 Å². The number of carbonyl (C=O) groups excluding carboxylic acids is 2. The van der Waals surface area contributed by atoms with E-state index in [9.17, 15) is 9.59 Å². The molecule has 0 unspecified atom stereocenters. The van der Waals surface area contributed by atoms with Crippen LogP contribution in [0.25, 0.3) is 10.8 Å². The monoisotopic (exact) mass is 288 g/mol. The van der Waals surface area contributed by atoms with E-state index in [0.717, 1.165) is 23.3 Å². The fourth-order valence-corrected chi connectivity index (χ4v) is 1.80. The molecule has 5 nitrogen and oxygen atoms in total. The lowest BCUT2D eigenvalue weighted by molar-refractivity contribution is -0.157. The van der Waals surface area contributed by atoms with Crippen LogP contribution in [0, 0.1) is 0 Å². The first-order valence-corrected chi connectivity index (χ1v) is 6.27. The number of benzene rings is 2. The first-order valence-electron chi connectivity index (χ1n) is 6.27. The van der Waals surface area contributed by atoms with Crippen LogP contribution in [0.1, 0.15) is 19.4 Å². The summed E-state index contributed by atoms with van der Waals surface area (Å²) in [5, 5.41) is 9.50.